The number of nitriles is 1. The number of nitrogens with one attached hydrogen (secondary N) is 1. The number of hydrogen-bond donors (Lipinski definition) is 1. The molecule has 0 spiro atoms. The van der Waals surface area contributed by atoms with Gasteiger partial charge < -0.3 is 9.40 Å². The molecule has 4 nitrogen and oxygen atoms in total. The lowest BCUT2D eigenvalue weighted by Crippen LogP contribution is -1.74. The van der Waals surface area contributed by atoms with E-state index in [1.165, 1.54) is 0 Å². The molecule has 1 aromatic carbocycles. The van der Waals surface area contributed by atoms with Crippen LogP contribution < -0.4 is 0 Å². The summed E-state index contributed by atoms with van der Waals surface area (Å²) in [5.41, 5.74) is 3.24. The van der Waals surface area contributed by atoms with Crippen molar-refractivity contribution in [3.05, 3.63) is 41.9 Å². The van der Waals surface area contributed by atoms with Gasteiger partial charge in [-0.25, -0.2) is 4.98 Å². The second-order valence-corrected chi connectivity index (χ2v) is 3.88. The topological polar surface area (TPSA) is 65.6 Å². The number of aromatic amines is 1. The van der Waals surface area contributed by atoms with E-state index in [0.29, 0.717) is 5.56 Å². The van der Waals surface area contributed by atoms with Crippen LogP contribution in [0.15, 0.2) is 34.9 Å². The predicted molar refractivity (Wildman–Crippen MR) is 63.2 cm³/mol. The number of rotatable bonds is 1. The quantitative estimate of drug-likeness (QED) is 0.689. The summed E-state index contributed by atoms with van der Waals surface area (Å²) in [4.78, 5) is 7.62. The van der Waals surface area contributed by atoms with E-state index in [1.807, 2.05) is 19.1 Å². The Morgan fingerprint density at radius 2 is 2.24 bits per heavy atom. The van der Waals surface area contributed by atoms with E-state index in [-0.39, 0.29) is 0 Å². The molecule has 3 aromatic rings. The largest absolute Gasteiger partial charge is 0.469 e. The lowest BCUT2D eigenvalue weighted by atomic mass is 10.2. The highest BCUT2D eigenvalue weighted by atomic mass is 16.3. The Hall–Kier alpha value is -2.54. The van der Waals surface area contributed by atoms with Gasteiger partial charge in [-0.2, -0.15) is 5.26 Å². The summed E-state index contributed by atoms with van der Waals surface area (Å²) in [7, 11) is 0. The molecule has 4 heteroatoms. The molecule has 0 unspecified atom stereocenters. The van der Waals surface area contributed by atoms with Crippen LogP contribution in [0.1, 0.15) is 11.3 Å². The molecule has 1 N–H and O–H groups in total. The van der Waals surface area contributed by atoms with Crippen molar-refractivity contribution in [2.24, 2.45) is 0 Å². The number of H-pyrrole nitrogens is 1. The second-order valence-electron chi connectivity index (χ2n) is 3.88. The molecule has 3 rings (SSSR count). The fraction of sp³-hybridized carbons (Fsp3) is 0.0769. The minimum atomic E-state index is 0.621. The highest BCUT2D eigenvalue weighted by Gasteiger charge is 2.07. The molecule has 0 aliphatic carbocycles. The molecular weight excluding hydrogens is 214 g/mol. The first-order valence-corrected chi connectivity index (χ1v) is 5.21. The number of hydrogen-bond acceptors (Lipinski definition) is 3. The maximum atomic E-state index is 8.82. The van der Waals surface area contributed by atoms with Crippen molar-refractivity contribution in [1.29, 1.82) is 5.26 Å². The number of fused-ring (bicyclic) bond motifs is 1. The number of aromatic nitrogens is 2. The average molecular weight is 223 g/mol. The lowest BCUT2D eigenvalue weighted by Gasteiger charge is -1.87. The van der Waals surface area contributed by atoms with Crippen LogP contribution in [0.3, 0.4) is 0 Å². The molecule has 0 fully saturated rings. The van der Waals surface area contributed by atoms with Gasteiger partial charge in [-0.1, -0.05) is 0 Å². The van der Waals surface area contributed by atoms with Gasteiger partial charge in [0.2, 0.25) is 0 Å². The molecule has 2 heterocycles. The Bertz CT molecular complexity index is 731. The van der Waals surface area contributed by atoms with E-state index in [1.54, 1.807) is 18.4 Å². The van der Waals surface area contributed by atoms with Crippen molar-refractivity contribution in [2.45, 2.75) is 6.92 Å². The smallest absolute Gasteiger partial charge is 0.141 e. The van der Waals surface area contributed by atoms with Crippen LogP contribution in [0.5, 0.6) is 0 Å². The Morgan fingerprint density at radius 1 is 1.35 bits per heavy atom. The third-order valence-corrected chi connectivity index (χ3v) is 2.61. The SMILES string of the molecule is Cc1cc(-c2nc3ccc(C#N)cc3[nH]2)co1. The molecule has 2 aromatic heterocycles. The maximum Gasteiger partial charge on any atom is 0.141 e. The molecule has 17 heavy (non-hydrogen) atoms. The molecular formula is C13H9N3O. The van der Waals surface area contributed by atoms with Gasteiger partial charge in [0, 0.05) is 0 Å². The predicted octanol–water partition coefficient (Wildman–Crippen LogP) is 3.00. The zero-order valence-electron chi connectivity index (χ0n) is 9.19. The number of furan rings is 1. The van der Waals surface area contributed by atoms with Crippen molar-refractivity contribution >= 4 is 11.0 Å². The minimum absolute atomic E-state index is 0.621. The van der Waals surface area contributed by atoms with Crippen molar-refractivity contribution in [3.8, 4) is 17.5 Å². The molecule has 82 valence electrons. The summed E-state index contributed by atoms with van der Waals surface area (Å²) < 4.78 is 5.25. The fourth-order valence-electron chi connectivity index (χ4n) is 1.78. The first kappa shape index (κ1) is 9.67. The van der Waals surface area contributed by atoms with Crippen molar-refractivity contribution in [1.82, 2.24) is 9.97 Å². The van der Waals surface area contributed by atoms with Gasteiger partial charge in [0.25, 0.3) is 0 Å². The van der Waals surface area contributed by atoms with E-state index < -0.39 is 0 Å². The normalized spacial score (nSPS) is 10.6. The molecule has 0 aliphatic rings. The second kappa shape index (κ2) is 3.49. The third kappa shape index (κ3) is 1.58. The van der Waals surface area contributed by atoms with Gasteiger partial charge in [0.05, 0.1) is 28.2 Å². The maximum absolute atomic E-state index is 8.82. The van der Waals surface area contributed by atoms with Crippen LogP contribution in [-0.2, 0) is 0 Å². The molecule has 0 amide bonds. The van der Waals surface area contributed by atoms with Crippen LogP contribution in [-0.4, -0.2) is 9.97 Å². The Morgan fingerprint density at radius 3 is 2.94 bits per heavy atom. The lowest BCUT2D eigenvalue weighted by molar-refractivity contribution is 0.535. The average Bonchev–Trinajstić information content (AvgIpc) is 2.93. The zero-order valence-corrected chi connectivity index (χ0v) is 9.19. The highest BCUT2D eigenvalue weighted by Crippen LogP contribution is 2.22. The Balaban J connectivity index is 2.17. The summed E-state index contributed by atoms with van der Waals surface area (Å²) in [6.07, 6.45) is 1.66. The molecule has 0 bridgehead atoms. The Labute approximate surface area is 97.5 Å². The molecule has 0 aliphatic heterocycles. The van der Waals surface area contributed by atoms with Crippen LogP contribution >= 0.6 is 0 Å². The van der Waals surface area contributed by atoms with Gasteiger partial charge >= 0.3 is 0 Å². The summed E-state index contributed by atoms with van der Waals surface area (Å²) in [5, 5.41) is 8.82. The van der Waals surface area contributed by atoms with Gasteiger partial charge in [-0.3, -0.25) is 0 Å². The standard InChI is InChI=1S/C13H9N3O/c1-8-4-10(7-17-8)13-15-11-3-2-9(6-14)5-12(11)16-13/h2-5,7H,1H3,(H,15,16). The molecule has 0 radical (unpaired) electrons. The van der Waals surface area contributed by atoms with Crippen molar-refractivity contribution < 1.29 is 4.42 Å². The highest BCUT2D eigenvalue weighted by molar-refractivity contribution is 5.80. The van der Waals surface area contributed by atoms with Crippen molar-refractivity contribution in [3.63, 3.8) is 0 Å². The van der Waals surface area contributed by atoms with Gasteiger partial charge in [-0.05, 0) is 31.2 Å². The van der Waals surface area contributed by atoms with Gasteiger partial charge in [0.1, 0.15) is 17.8 Å². The van der Waals surface area contributed by atoms with E-state index in [2.05, 4.69) is 16.0 Å². The summed E-state index contributed by atoms with van der Waals surface area (Å²) >= 11 is 0. The summed E-state index contributed by atoms with van der Waals surface area (Å²) in [5.74, 6) is 1.60. The van der Waals surface area contributed by atoms with E-state index in [4.69, 9.17) is 9.68 Å². The van der Waals surface area contributed by atoms with Crippen LogP contribution in [0.4, 0.5) is 0 Å². The number of nitrogens with zero attached hydrogens (tertiary/aromatic N) is 2. The molecule has 0 atom stereocenters. The van der Waals surface area contributed by atoms with Gasteiger partial charge in [-0.15, -0.1) is 0 Å². The third-order valence-electron chi connectivity index (χ3n) is 2.61. The van der Waals surface area contributed by atoms with Crippen LogP contribution in [0.25, 0.3) is 22.4 Å². The van der Waals surface area contributed by atoms with Crippen LogP contribution in [0.2, 0.25) is 0 Å². The monoisotopic (exact) mass is 223 g/mol. The summed E-state index contributed by atoms with van der Waals surface area (Å²) in [6.45, 7) is 1.89. The number of aryl methyl sites for hydroxylation is 1. The molecule has 0 saturated heterocycles. The first-order valence-electron chi connectivity index (χ1n) is 5.21. The van der Waals surface area contributed by atoms with E-state index in [0.717, 1.165) is 28.2 Å². The number of benzene rings is 1. The number of imidazole rings is 1. The van der Waals surface area contributed by atoms with Crippen LogP contribution in [0, 0.1) is 18.3 Å². The minimum Gasteiger partial charge on any atom is -0.469 e. The van der Waals surface area contributed by atoms with Gasteiger partial charge in [0.15, 0.2) is 0 Å². The molecule has 0 saturated carbocycles. The summed E-state index contributed by atoms with van der Waals surface area (Å²) in [6, 6.07) is 9.41. The Kier molecular flexibility index (Phi) is 1.99. The van der Waals surface area contributed by atoms with E-state index in [9.17, 15) is 0 Å². The first-order chi connectivity index (χ1) is 8.26. The van der Waals surface area contributed by atoms with E-state index >= 15 is 0 Å². The fourth-order valence-corrected chi connectivity index (χ4v) is 1.78. The zero-order chi connectivity index (χ0) is 11.8. The van der Waals surface area contributed by atoms with Crippen molar-refractivity contribution in [2.75, 3.05) is 0 Å².